The van der Waals surface area contributed by atoms with Crippen LogP contribution in [0.1, 0.15) is 5.76 Å². The van der Waals surface area contributed by atoms with Crippen molar-refractivity contribution in [1.82, 2.24) is 0 Å². The maximum Gasteiger partial charge on any atom is 0.147 e. The fourth-order valence-corrected chi connectivity index (χ4v) is 1.23. The number of hydrogen-bond donors (Lipinski definition) is 1. The van der Waals surface area contributed by atoms with Gasteiger partial charge >= 0.3 is 0 Å². The highest BCUT2D eigenvalue weighted by molar-refractivity contribution is 5.79. The zero-order chi connectivity index (χ0) is 8.55. The molecule has 3 heteroatoms. The van der Waals surface area contributed by atoms with Crippen molar-refractivity contribution in [2.45, 2.75) is 6.92 Å². The van der Waals surface area contributed by atoms with E-state index in [-0.39, 0.29) is 0 Å². The Bertz CT molecular complexity index is 406. The van der Waals surface area contributed by atoms with Crippen LogP contribution in [-0.2, 0) is 0 Å². The number of aryl methyl sites for hydroxylation is 1. The van der Waals surface area contributed by atoms with E-state index in [1.807, 2.05) is 25.1 Å². The summed E-state index contributed by atoms with van der Waals surface area (Å²) in [5, 5.41) is 1.01. The summed E-state index contributed by atoms with van der Waals surface area (Å²) in [5.41, 5.74) is 0.855. The van der Waals surface area contributed by atoms with Crippen LogP contribution in [-0.4, -0.2) is 0 Å². The number of nitrogens with two attached hydrogens (primary N) is 1. The molecule has 0 radical (unpaired) electrons. The quantitative estimate of drug-likeness (QED) is 0.654. The Balaban J connectivity index is 2.66. The number of furan rings is 1. The molecular weight excluding hydrogens is 154 g/mol. The van der Waals surface area contributed by atoms with Crippen molar-refractivity contribution >= 4 is 11.0 Å². The molecule has 2 N–H and O–H groups in total. The highest BCUT2D eigenvalue weighted by Crippen LogP contribution is 2.22. The summed E-state index contributed by atoms with van der Waals surface area (Å²) < 4.78 is 5.37. The van der Waals surface area contributed by atoms with Crippen LogP contribution in [0.25, 0.3) is 11.0 Å². The van der Waals surface area contributed by atoms with Gasteiger partial charge in [-0.05, 0) is 31.2 Å². The molecule has 1 heterocycles. The van der Waals surface area contributed by atoms with Crippen LogP contribution in [0.15, 0.2) is 28.7 Å². The summed E-state index contributed by atoms with van der Waals surface area (Å²) in [6.45, 7) is 1.91. The number of rotatable bonds is 1. The van der Waals surface area contributed by atoms with E-state index in [0.29, 0.717) is 5.75 Å². The van der Waals surface area contributed by atoms with Crippen molar-refractivity contribution in [1.29, 1.82) is 0 Å². The van der Waals surface area contributed by atoms with Gasteiger partial charge < -0.3 is 9.25 Å². The molecule has 12 heavy (non-hydrogen) atoms. The van der Waals surface area contributed by atoms with E-state index < -0.39 is 0 Å². The minimum atomic E-state index is 0.642. The zero-order valence-corrected chi connectivity index (χ0v) is 6.70. The SMILES string of the molecule is Cc1cc2cc(ON)ccc2o1. The summed E-state index contributed by atoms with van der Waals surface area (Å²) in [6, 6.07) is 7.39. The monoisotopic (exact) mass is 163 g/mol. The summed E-state index contributed by atoms with van der Waals surface area (Å²) in [5.74, 6) is 6.55. The minimum absolute atomic E-state index is 0.642. The van der Waals surface area contributed by atoms with E-state index in [1.54, 1.807) is 6.07 Å². The first-order valence-electron chi connectivity index (χ1n) is 3.66. The van der Waals surface area contributed by atoms with Gasteiger partial charge in [0.15, 0.2) is 0 Å². The van der Waals surface area contributed by atoms with E-state index in [4.69, 9.17) is 10.3 Å². The topological polar surface area (TPSA) is 48.4 Å². The van der Waals surface area contributed by atoms with Crippen LogP contribution >= 0.6 is 0 Å². The number of benzene rings is 1. The van der Waals surface area contributed by atoms with Crippen LogP contribution in [0, 0.1) is 6.92 Å². The summed E-state index contributed by atoms with van der Waals surface area (Å²) in [7, 11) is 0. The molecule has 0 fully saturated rings. The van der Waals surface area contributed by atoms with E-state index in [1.165, 1.54) is 0 Å². The van der Waals surface area contributed by atoms with Crippen molar-refractivity contribution in [2.24, 2.45) is 5.90 Å². The minimum Gasteiger partial charge on any atom is -0.461 e. The van der Waals surface area contributed by atoms with E-state index in [0.717, 1.165) is 16.7 Å². The molecule has 62 valence electrons. The summed E-state index contributed by atoms with van der Waals surface area (Å²) in [4.78, 5) is 4.59. The Morgan fingerprint density at radius 2 is 2.17 bits per heavy atom. The second kappa shape index (κ2) is 2.53. The first-order chi connectivity index (χ1) is 5.79. The number of hydrogen-bond acceptors (Lipinski definition) is 3. The van der Waals surface area contributed by atoms with E-state index in [9.17, 15) is 0 Å². The molecule has 0 aliphatic carbocycles. The smallest absolute Gasteiger partial charge is 0.147 e. The molecule has 0 spiro atoms. The summed E-state index contributed by atoms with van der Waals surface area (Å²) >= 11 is 0. The average molecular weight is 163 g/mol. The van der Waals surface area contributed by atoms with E-state index in [2.05, 4.69) is 4.84 Å². The molecule has 0 unspecified atom stereocenters. The van der Waals surface area contributed by atoms with Gasteiger partial charge in [-0.25, -0.2) is 0 Å². The van der Waals surface area contributed by atoms with Gasteiger partial charge in [0, 0.05) is 5.39 Å². The second-order valence-corrected chi connectivity index (χ2v) is 2.67. The Labute approximate surface area is 69.7 Å². The molecule has 0 saturated heterocycles. The third-order valence-corrected chi connectivity index (χ3v) is 1.75. The molecule has 1 aromatic heterocycles. The third kappa shape index (κ3) is 1.04. The lowest BCUT2D eigenvalue weighted by Gasteiger charge is -1.95. The number of fused-ring (bicyclic) bond motifs is 1. The summed E-state index contributed by atoms with van der Waals surface area (Å²) in [6.07, 6.45) is 0. The predicted molar refractivity (Wildman–Crippen MR) is 45.8 cm³/mol. The molecule has 0 aliphatic heterocycles. The normalized spacial score (nSPS) is 10.5. The highest BCUT2D eigenvalue weighted by atomic mass is 16.6. The van der Waals surface area contributed by atoms with Gasteiger partial charge in [0.2, 0.25) is 0 Å². The lowest BCUT2D eigenvalue weighted by atomic mass is 10.2. The highest BCUT2D eigenvalue weighted by Gasteiger charge is 2.00. The van der Waals surface area contributed by atoms with Gasteiger partial charge in [-0.15, -0.1) is 0 Å². The van der Waals surface area contributed by atoms with Gasteiger partial charge in [-0.3, -0.25) is 0 Å². The van der Waals surface area contributed by atoms with Gasteiger partial charge in [0.25, 0.3) is 0 Å². The standard InChI is InChI=1S/C9H9NO2/c1-6-4-7-5-8(12-10)2-3-9(7)11-6/h2-5H,10H2,1H3. The van der Waals surface area contributed by atoms with Gasteiger partial charge in [-0.2, -0.15) is 5.90 Å². The van der Waals surface area contributed by atoms with Gasteiger partial charge in [0.05, 0.1) is 0 Å². The molecule has 2 aromatic rings. The maximum atomic E-state index is 5.37. The molecule has 0 bridgehead atoms. The molecule has 3 nitrogen and oxygen atoms in total. The van der Waals surface area contributed by atoms with Crippen LogP contribution in [0.5, 0.6) is 5.75 Å². The van der Waals surface area contributed by atoms with Gasteiger partial charge in [-0.1, -0.05) is 0 Å². The van der Waals surface area contributed by atoms with Crippen LogP contribution < -0.4 is 10.7 Å². The van der Waals surface area contributed by atoms with Crippen molar-refractivity contribution in [3.8, 4) is 5.75 Å². The molecule has 0 saturated carbocycles. The van der Waals surface area contributed by atoms with Crippen LogP contribution in [0.4, 0.5) is 0 Å². The van der Waals surface area contributed by atoms with Crippen molar-refractivity contribution < 1.29 is 9.25 Å². The Kier molecular flexibility index (Phi) is 1.52. The van der Waals surface area contributed by atoms with Crippen LogP contribution in [0.3, 0.4) is 0 Å². The molecule has 2 rings (SSSR count). The first kappa shape index (κ1) is 7.18. The van der Waals surface area contributed by atoms with E-state index >= 15 is 0 Å². The van der Waals surface area contributed by atoms with Crippen molar-refractivity contribution in [2.75, 3.05) is 0 Å². The fraction of sp³-hybridized carbons (Fsp3) is 0.111. The zero-order valence-electron chi connectivity index (χ0n) is 6.70. The largest absolute Gasteiger partial charge is 0.461 e. The third-order valence-electron chi connectivity index (χ3n) is 1.75. The Morgan fingerprint density at radius 3 is 2.92 bits per heavy atom. The van der Waals surface area contributed by atoms with Crippen molar-refractivity contribution in [3.63, 3.8) is 0 Å². The fourth-order valence-electron chi connectivity index (χ4n) is 1.23. The Hall–Kier alpha value is -1.48. The molecule has 0 amide bonds. The molecule has 0 aliphatic rings. The predicted octanol–water partition coefficient (Wildman–Crippen LogP) is 1.99. The Morgan fingerprint density at radius 1 is 1.33 bits per heavy atom. The first-order valence-corrected chi connectivity index (χ1v) is 3.66. The van der Waals surface area contributed by atoms with Gasteiger partial charge in [0.1, 0.15) is 17.1 Å². The average Bonchev–Trinajstić information content (AvgIpc) is 2.43. The van der Waals surface area contributed by atoms with Crippen LogP contribution in [0.2, 0.25) is 0 Å². The molecule has 1 aromatic carbocycles. The lowest BCUT2D eigenvalue weighted by molar-refractivity contribution is 0.335. The lowest BCUT2D eigenvalue weighted by Crippen LogP contribution is -2.00. The molecule has 0 atom stereocenters. The maximum absolute atomic E-state index is 5.37. The molecular formula is C9H9NO2. The van der Waals surface area contributed by atoms with Crippen molar-refractivity contribution in [3.05, 3.63) is 30.0 Å². The second-order valence-electron chi connectivity index (χ2n) is 2.67.